The van der Waals surface area contributed by atoms with E-state index in [1.807, 2.05) is 6.08 Å². The molecule has 1 aliphatic rings. The Kier molecular flexibility index (Phi) is 11.5. The lowest BCUT2D eigenvalue weighted by atomic mass is 10.0. The quantitative estimate of drug-likeness (QED) is 0.283. The lowest BCUT2D eigenvalue weighted by Gasteiger charge is -2.04. The van der Waals surface area contributed by atoms with Gasteiger partial charge in [0.25, 0.3) is 0 Å². The first-order valence-corrected chi connectivity index (χ1v) is 9.48. The molecule has 0 saturated carbocycles. The highest BCUT2D eigenvalue weighted by molar-refractivity contribution is 5.63. The Morgan fingerprint density at radius 3 is 2.46 bits per heavy atom. The summed E-state index contributed by atoms with van der Waals surface area (Å²) < 4.78 is 5.58. The smallest absolute Gasteiger partial charge is 0.110 e. The number of aliphatic hydroxyl groups is 1. The summed E-state index contributed by atoms with van der Waals surface area (Å²) in [5, 5.41) is 20.3. The number of carboxylic acids is 1. The number of carbonyl (C=O) groups excluding carboxylic acids is 1. The molecule has 3 atom stereocenters. The van der Waals surface area contributed by atoms with Gasteiger partial charge >= 0.3 is 0 Å². The number of allylic oxidation sites excluding steroid dienone is 3. The topological polar surface area (TPSA) is 72.9 Å². The first-order valence-electron chi connectivity index (χ1n) is 9.48. The van der Waals surface area contributed by atoms with Crippen LogP contribution in [-0.4, -0.2) is 29.4 Å². The zero-order valence-corrected chi connectivity index (χ0v) is 15.0. The van der Waals surface area contributed by atoms with Gasteiger partial charge in [0.1, 0.15) is 6.10 Å². The molecule has 0 aromatic carbocycles. The van der Waals surface area contributed by atoms with Crippen LogP contribution in [0.2, 0.25) is 0 Å². The van der Waals surface area contributed by atoms with Crippen LogP contribution in [0.3, 0.4) is 0 Å². The van der Waals surface area contributed by atoms with E-state index in [-0.39, 0.29) is 24.7 Å². The van der Waals surface area contributed by atoms with Gasteiger partial charge in [-0.15, -0.1) is 0 Å². The molecule has 138 valence electrons. The molecule has 0 aromatic rings. The van der Waals surface area contributed by atoms with Crippen LogP contribution in [0, 0.1) is 0 Å². The molecule has 1 heterocycles. The molecule has 4 heteroatoms. The Balaban J connectivity index is 1.92. The largest absolute Gasteiger partial charge is 0.550 e. The summed E-state index contributed by atoms with van der Waals surface area (Å²) in [5.41, 5.74) is 0. The highest BCUT2D eigenvalue weighted by Gasteiger charge is 2.42. The van der Waals surface area contributed by atoms with Gasteiger partial charge in [0.05, 0.1) is 12.2 Å². The molecule has 1 N–H and O–H groups in total. The van der Waals surface area contributed by atoms with Gasteiger partial charge in [-0.3, -0.25) is 0 Å². The van der Waals surface area contributed by atoms with Crippen molar-refractivity contribution in [3.05, 3.63) is 24.3 Å². The zero-order valence-electron chi connectivity index (χ0n) is 15.0. The predicted molar refractivity (Wildman–Crippen MR) is 94.4 cm³/mol. The van der Waals surface area contributed by atoms with Crippen molar-refractivity contribution in [2.45, 2.75) is 95.9 Å². The van der Waals surface area contributed by atoms with E-state index in [1.165, 1.54) is 0 Å². The van der Waals surface area contributed by atoms with Gasteiger partial charge in [-0.25, -0.2) is 0 Å². The second-order valence-corrected chi connectivity index (χ2v) is 6.56. The Morgan fingerprint density at radius 1 is 1.08 bits per heavy atom. The number of carboxylic acid groups (broad SMARTS) is 1. The molecular formula is C20H33O4-. The molecule has 1 aliphatic heterocycles. The first kappa shape index (κ1) is 20.9. The van der Waals surface area contributed by atoms with Crippen molar-refractivity contribution in [3.8, 4) is 0 Å². The fraction of sp³-hybridized carbons (Fsp3) is 0.750. The molecule has 24 heavy (non-hydrogen) atoms. The van der Waals surface area contributed by atoms with Crippen molar-refractivity contribution in [2.24, 2.45) is 0 Å². The second kappa shape index (κ2) is 13.2. The number of carbonyl (C=O) groups is 1. The van der Waals surface area contributed by atoms with Gasteiger partial charge in [-0.1, -0.05) is 63.3 Å². The molecule has 1 saturated heterocycles. The lowest BCUT2D eigenvalue weighted by molar-refractivity contribution is -0.305. The van der Waals surface area contributed by atoms with Gasteiger partial charge < -0.3 is 19.7 Å². The van der Waals surface area contributed by atoms with Crippen LogP contribution in [-0.2, 0) is 9.53 Å². The van der Waals surface area contributed by atoms with Crippen molar-refractivity contribution < 1.29 is 19.7 Å². The number of hydrogen-bond donors (Lipinski definition) is 1. The van der Waals surface area contributed by atoms with Crippen LogP contribution in [0.1, 0.15) is 77.6 Å². The summed E-state index contributed by atoms with van der Waals surface area (Å²) in [6.07, 6.45) is 18.3. The van der Waals surface area contributed by atoms with Crippen LogP contribution in [0.4, 0.5) is 0 Å². The predicted octanol–water partition coefficient (Wildman–Crippen LogP) is 3.29. The molecule has 0 aliphatic carbocycles. The minimum Gasteiger partial charge on any atom is -0.550 e. The Morgan fingerprint density at radius 2 is 1.75 bits per heavy atom. The fourth-order valence-electron chi connectivity index (χ4n) is 2.86. The van der Waals surface area contributed by atoms with Crippen LogP contribution in [0.5, 0.6) is 0 Å². The van der Waals surface area contributed by atoms with Crippen LogP contribution in [0.15, 0.2) is 24.3 Å². The third-order valence-corrected chi connectivity index (χ3v) is 4.34. The molecule has 1 fully saturated rings. The Labute approximate surface area is 146 Å². The van der Waals surface area contributed by atoms with Crippen molar-refractivity contribution in [1.29, 1.82) is 0 Å². The summed E-state index contributed by atoms with van der Waals surface area (Å²) in [4.78, 5) is 10.3. The van der Waals surface area contributed by atoms with Crippen molar-refractivity contribution >= 4 is 5.97 Å². The maximum atomic E-state index is 10.3. The maximum Gasteiger partial charge on any atom is 0.110 e. The third kappa shape index (κ3) is 10.6. The molecule has 0 spiro atoms. The Bertz CT molecular complexity index is 389. The number of epoxide rings is 1. The summed E-state index contributed by atoms with van der Waals surface area (Å²) in [6, 6.07) is 0. The summed E-state index contributed by atoms with van der Waals surface area (Å²) in [7, 11) is 0. The fourth-order valence-corrected chi connectivity index (χ4v) is 2.86. The molecule has 0 aromatic heterocycles. The normalized spacial score (nSPS) is 21.6. The standard InChI is InChI=1S/C20H34O4/c1-2-3-4-5-8-11-14-17(21)20-18(24-20)15-12-9-6-7-10-13-16-19(22)23/h3-4,8,11,17-18,20-21H,2,5-7,9-10,12-16H2,1H3,(H,22,23)/p-1/b4-3-,11-8-. The molecule has 0 amide bonds. The molecule has 0 bridgehead atoms. The van der Waals surface area contributed by atoms with Crippen molar-refractivity contribution in [3.63, 3.8) is 0 Å². The van der Waals surface area contributed by atoms with Gasteiger partial charge in [-0.05, 0) is 38.5 Å². The zero-order chi connectivity index (χ0) is 17.6. The van der Waals surface area contributed by atoms with E-state index in [4.69, 9.17) is 4.74 Å². The van der Waals surface area contributed by atoms with Gasteiger partial charge in [-0.2, -0.15) is 0 Å². The van der Waals surface area contributed by atoms with Gasteiger partial charge in [0, 0.05) is 5.97 Å². The van der Waals surface area contributed by atoms with Crippen LogP contribution in [0.25, 0.3) is 0 Å². The maximum absolute atomic E-state index is 10.3. The van der Waals surface area contributed by atoms with Crippen LogP contribution < -0.4 is 5.11 Å². The van der Waals surface area contributed by atoms with Crippen molar-refractivity contribution in [2.75, 3.05) is 0 Å². The highest BCUT2D eigenvalue weighted by atomic mass is 16.6. The summed E-state index contributed by atoms with van der Waals surface area (Å²) >= 11 is 0. The number of hydrogen-bond acceptors (Lipinski definition) is 4. The number of aliphatic carboxylic acids is 1. The van der Waals surface area contributed by atoms with E-state index < -0.39 is 5.97 Å². The van der Waals surface area contributed by atoms with E-state index in [1.54, 1.807) is 0 Å². The molecule has 1 rings (SSSR count). The van der Waals surface area contributed by atoms with E-state index in [2.05, 4.69) is 25.2 Å². The Hall–Kier alpha value is -1.13. The van der Waals surface area contributed by atoms with E-state index in [0.717, 1.165) is 57.8 Å². The van der Waals surface area contributed by atoms with Crippen LogP contribution >= 0.6 is 0 Å². The average molecular weight is 337 g/mol. The summed E-state index contributed by atoms with van der Waals surface area (Å²) in [5.74, 6) is -0.947. The molecule has 3 unspecified atom stereocenters. The van der Waals surface area contributed by atoms with Gasteiger partial charge in [0.15, 0.2) is 0 Å². The molecular weight excluding hydrogens is 304 g/mol. The monoisotopic (exact) mass is 337 g/mol. The van der Waals surface area contributed by atoms with E-state index in [0.29, 0.717) is 6.42 Å². The van der Waals surface area contributed by atoms with Gasteiger partial charge in [0.2, 0.25) is 0 Å². The van der Waals surface area contributed by atoms with Crippen molar-refractivity contribution in [1.82, 2.24) is 0 Å². The van der Waals surface area contributed by atoms with E-state index >= 15 is 0 Å². The third-order valence-electron chi connectivity index (χ3n) is 4.34. The number of ether oxygens (including phenoxy) is 1. The minimum absolute atomic E-state index is 0.0175. The minimum atomic E-state index is -0.947. The SMILES string of the molecule is CC/C=C\C/C=C\CC(O)C1OC1CCCCCCCCC(=O)[O-]. The summed E-state index contributed by atoms with van der Waals surface area (Å²) in [6.45, 7) is 2.12. The lowest BCUT2D eigenvalue weighted by Crippen LogP contribution is -2.21. The average Bonchev–Trinajstić information content (AvgIpc) is 3.32. The number of aliphatic hydroxyl groups excluding tert-OH is 1. The molecule has 4 nitrogen and oxygen atoms in total. The first-order chi connectivity index (χ1) is 11.6. The van der Waals surface area contributed by atoms with E-state index in [9.17, 15) is 15.0 Å². The second-order valence-electron chi connectivity index (χ2n) is 6.56. The number of rotatable bonds is 15. The highest BCUT2D eigenvalue weighted by Crippen LogP contribution is 2.31. The number of unbranched alkanes of at least 4 members (excludes halogenated alkanes) is 5. The molecule has 0 radical (unpaired) electrons.